The summed E-state index contributed by atoms with van der Waals surface area (Å²) in [5.74, 6) is 1.62. The van der Waals surface area contributed by atoms with E-state index in [0.29, 0.717) is 19.7 Å². The van der Waals surface area contributed by atoms with Crippen LogP contribution in [0.15, 0.2) is 23.2 Å². The number of nitrogens with zero attached hydrogens (tertiary/aromatic N) is 1. The van der Waals surface area contributed by atoms with Gasteiger partial charge in [-0.15, -0.1) is 24.0 Å². The average Bonchev–Trinajstić information content (AvgIpc) is 3.19. The Hall–Kier alpha value is -1.06. The van der Waals surface area contributed by atoms with Gasteiger partial charge in [-0.2, -0.15) is 0 Å². The van der Waals surface area contributed by atoms with E-state index in [-0.39, 0.29) is 30.1 Å². The van der Waals surface area contributed by atoms with Crippen molar-refractivity contribution in [3.05, 3.63) is 29.3 Å². The summed E-state index contributed by atoms with van der Waals surface area (Å²) in [7, 11) is 0. The van der Waals surface area contributed by atoms with Crippen LogP contribution >= 0.6 is 24.0 Å². The highest BCUT2D eigenvalue weighted by Gasteiger charge is 2.29. The van der Waals surface area contributed by atoms with Gasteiger partial charge in [-0.1, -0.05) is 31.4 Å². The third-order valence-corrected chi connectivity index (χ3v) is 5.53. The van der Waals surface area contributed by atoms with Crippen LogP contribution in [0.25, 0.3) is 0 Å². The third kappa shape index (κ3) is 7.61. The molecule has 1 heterocycles. The van der Waals surface area contributed by atoms with E-state index in [4.69, 9.17) is 14.5 Å². The highest BCUT2D eigenvalue weighted by molar-refractivity contribution is 14.0. The number of aliphatic hydroxyl groups is 1. The summed E-state index contributed by atoms with van der Waals surface area (Å²) in [5, 5.41) is 17.3. The van der Waals surface area contributed by atoms with Crippen LogP contribution < -0.4 is 15.4 Å². The molecule has 164 valence electrons. The Balaban J connectivity index is 0.00000300. The fraction of sp³-hybridized carbons (Fsp3) is 0.682. The van der Waals surface area contributed by atoms with Crippen LogP contribution in [0.4, 0.5) is 0 Å². The molecule has 1 saturated carbocycles. The second kappa shape index (κ2) is 12.0. The zero-order chi connectivity index (χ0) is 19.8. The van der Waals surface area contributed by atoms with Gasteiger partial charge in [0.2, 0.25) is 0 Å². The van der Waals surface area contributed by atoms with E-state index in [9.17, 15) is 5.11 Å². The number of ether oxygens (including phenoxy) is 2. The van der Waals surface area contributed by atoms with E-state index >= 15 is 0 Å². The average molecular weight is 517 g/mol. The number of aryl methyl sites for hydroxylation is 1. The topological polar surface area (TPSA) is 75.1 Å². The van der Waals surface area contributed by atoms with Gasteiger partial charge in [0, 0.05) is 25.1 Å². The molecule has 2 aliphatic rings. The lowest BCUT2D eigenvalue weighted by atomic mass is 9.85. The van der Waals surface area contributed by atoms with Crippen molar-refractivity contribution in [2.45, 2.75) is 70.6 Å². The molecule has 1 aliphatic heterocycles. The Kier molecular flexibility index (Phi) is 9.98. The fourth-order valence-electron chi connectivity index (χ4n) is 3.83. The molecule has 6 nitrogen and oxygen atoms in total. The van der Waals surface area contributed by atoms with Crippen molar-refractivity contribution < 1.29 is 14.6 Å². The van der Waals surface area contributed by atoms with Gasteiger partial charge < -0.3 is 25.2 Å². The van der Waals surface area contributed by atoms with Crippen LogP contribution in [0, 0.1) is 6.92 Å². The highest BCUT2D eigenvalue weighted by Crippen LogP contribution is 2.27. The van der Waals surface area contributed by atoms with Crippen molar-refractivity contribution in [3.63, 3.8) is 0 Å². The zero-order valence-corrected chi connectivity index (χ0v) is 20.0. The van der Waals surface area contributed by atoms with E-state index < -0.39 is 5.60 Å². The number of aliphatic imine (C=N–C) groups is 1. The first-order valence-corrected chi connectivity index (χ1v) is 10.7. The van der Waals surface area contributed by atoms with Gasteiger partial charge in [0.15, 0.2) is 5.96 Å². The quantitative estimate of drug-likeness (QED) is 0.293. The Labute approximate surface area is 191 Å². The van der Waals surface area contributed by atoms with Gasteiger partial charge in [0.25, 0.3) is 0 Å². The zero-order valence-electron chi connectivity index (χ0n) is 17.7. The van der Waals surface area contributed by atoms with E-state index in [1.165, 1.54) is 12.0 Å². The van der Waals surface area contributed by atoms with Crippen LogP contribution in [-0.4, -0.2) is 49.1 Å². The predicted octanol–water partition coefficient (Wildman–Crippen LogP) is 3.53. The van der Waals surface area contributed by atoms with Crippen molar-refractivity contribution in [1.82, 2.24) is 10.6 Å². The number of benzene rings is 1. The van der Waals surface area contributed by atoms with Crippen LogP contribution in [0.3, 0.4) is 0 Å². The van der Waals surface area contributed by atoms with Crippen LogP contribution in [-0.2, 0) is 11.3 Å². The molecule has 0 spiro atoms. The molecule has 2 fully saturated rings. The molecule has 29 heavy (non-hydrogen) atoms. The molecular weight excluding hydrogens is 481 g/mol. The largest absolute Gasteiger partial charge is 0.488 e. The lowest BCUT2D eigenvalue weighted by molar-refractivity contribution is 0.00859. The summed E-state index contributed by atoms with van der Waals surface area (Å²) < 4.78 is 11.6. The number of hydrogen-bond acceptors (Lipinski definition) is 4. The number of nitrogens with one attached hydrogen (secondary N) is 2. The van der Waals surface area contributed by atoms with Crippen molar-refractivity contribution in [3.8, 4) is 5.75 Å². The van der Waals surface area contributed by atoms with Crippen molar-refractivity contribution in [2.75, 3.05) is 26.3 Å². The molecule has 0 aromatic heterocycles. The van der Waals surface area contributed by atoms with Gasteiger partial charge >= 0.3 is 0 Å². The standard InChI is InChI=1S/C22H35N3O3.HI/c1-3-23-21(25-16-22(26)10-5-4-6-11-22)24-14-18-8-7-17(2)13-20(18)28-19-9-12-27-15-19;/h7-8,13,19,26H,3-6,9-12,14-16H2,1-2H3,(H2,23,24,25);1H. The monoisotopic (exact) mass is 517 g/mol. The molecule has 0 bridgehead atoms. The number of hydrogen-bond donors (Lipinski definition) is 3. The van der Waals surface area contributed by atoms with Crippen LogP contribution in [0.5, 0.6) is 5.75 Å². The molecule has 7 heteroatoms. The molecule has 1 aliphatic carbocycles. The van der Waals surface area contributed by atoms with Gasteiger partial charge in [0.05, 0.1) is 25.4 Å². The van der Waals surface area contributed by atoms with E-state index in [2.05, 4.69) is 35.8 Å². The second-order valence-corrected chi connectivity index (χ2v) is 8.05. The maximum atomic E-state index is 10.7. The third-order valence-electron chi connectivity index (χ3n) is 5.53. The Bertz CT molecular complexity index is 657. The van der Waals surface area contributed by atoms with Gasteiger partial charge in [0.1, 0.15) is 11.9 Å². The molecule has 1 atom stereocenters. The van der Waals surface area contributed by atoms with Crippen LogP contribution in [0.2, 0.25) is 0 Å². The lowest BCUT2D eigenvalue weighted by Crippen LogP contribution is -2.48. The molecule has 3 rings (SSSR count). The first kappa shape index (κ1) is 24.2. The number of halogens is 1. The first-order chi connectivity index (χ1) is 13.6. The minimum Gasteiger partial charge on any atom is -0.488 e. The van der Waals surface area contributed by atoms with E-state index in [1.807, 2.05) is 6.92 Å². The maximum Gasteiger partial charge on any atom is 0.191 e. The second-order valence-electron chi connectivity index (χ2n) is 8.05. The molecular formula is C22H36IN3O3. The summed E-state index contributed by atoms with van der Waals surface area (Å²) in [4.78, 5) is 4.74. The summed E-state index contributed by atoms with van der Waals surface area (Å²) >= 11 is 0. The van der Waals surface area contributed by atoms with Crippen molar-refractivity contribution >= 4 is 29.9 Å². The van der Waals surface area contributed by atoms with Gasteiger partial charge in [-0.25, -0.2) is 4.99 Å². The summed E-state index contributed by atoms with van der Waals surface area (Å²) in [6.07, 6.45) is 6.19. The summed E-state index contributed by atoms with van der Waals surface area (Å²) in [5.41, 5.74) is 1.62. The van der Waals surface area contributed by atoms with E-state index in [1.54, 1.807) is 0 Å². The Morgan fingerprint density at radius 2 is 2.07 bits per heavy atom. The molecule has 1 aromatic carbocycles. The minimum atomic E-state index is -0.616. The number of guanidine groups is 1. The smallest absolute Gasteiger partial charge is 0.191 e. The molecule has 0 radical (unpaired) electrons. The Morgan fingerprint density at radius 1 is 1.28 bits per heavy atom. The number of rotatable bonds is 7. The van der Waals surface area contributed by atoms with E-state index in [0.717, 1.165) is 62.5 Å². The van der Waals surface area contributed by atoms with Crippen LogP contribution in [0.1, 0.15) is 56.6 Å². The first-order valence-electron chi connectivity index (χ1n) is 10.7. The molecule has 1 unspecified atom stereocenters. The normalized spacial score (nSPS) is 21.3. The fourth-order valence-corrected chi connectivity index (χ4v) is 3.83. The van der Waals surface area contributed by atoms with Crippen molar-refractivity contribution in [2.24, 2.45) is 4.99 Å². The SMILES string of the molecule is CCNC(=NCc1ccc(C)cc1OC1CCOC1)NCC1(O)CCCCC1.I. The lowest BCUT2D eigenvalue weighted by Gasteiger charge is -2.32. The van der Waals surface area contributed by atoms with Gasteiger partial charge in [-0.05, 0) is 38.3 Å². The van der Waals surface area contributed by atoms with Crippen molar-refractivity contribution in [1.29, 1.82) is 0 Å². The van der Waals surface area contributed by atoms with Gasteiger partial charge in [-0.3, -0.25) is 0 Å². The minimum absolute atomic E-state index is 0. The highest BCUT2D eigenvalue weighted by atomic mass is 127. The molecule has 3 N–H and O–H groups in total. The Morgan fingerprint density at radius 3 is 2.76 bits per heavy atom. The summed E-state index contributed by atoms with van der Waals surface area (Å²) in [6.45, 7) is 7.38. The predicted molar refractivity (Wildman–Crippen MR) is 127 cm³/mol. The maximum absolute atomic E-state index is 10.7. The molecule has 1 saturated heterocycles. The summed E-state index contributed by atoms with van der Waals surface area (Å²) in [6, 6.07) is 6.25. The molecule has 0 amide bonds. The molecule has 1 aromatic rings.